The standard InChI is InChI=1S/C18H19N3O2S/c1-3-10-19-17(23)13-8-9-14-15(13)20-18(24-14)21-16(22)12-6-4-11(2)5-7-12/h3-7,13H,1,8-10H2,2H3,(H,19,23)(H,20,21,22). The van der Waals surface area contributed by atoms with Gasteiger partial charge in [0.2, 0.25) is 5.91 Å². The van der Waals surface area contributed by atoms with E-state index in [1.807, 2.05) is 19.1 Å². The van der Waals surface area contributed by atoms with Gasteiger partial charge in [0.15, 0.2) is 5.13 Å². The first-order valence-corrected chi connectivity index (χ1v) is 8.66. The van der Waals surface area contributed by atoms with Crippen LogP contribution in [0.15, 0.2) is 36.9 Å². The van der Waals surface area contributed by atoms with Crippen LogP contribution >= 0.6 is 11.3 Å². The Morgan fingerprint density at radius 3 is 2.83 bits per heavy atom. The summed E-state index contributed by atoms with van der Waals surface area (Å²) in [7, 11) is 0. The number of nitrogens with one attached hydrogen (secondary N) is 2. The van der Waals surface area contributed by atoms with Crippen molar-refractivity contribution in [2.24, 2.45) is 0 Å². The summed E-state index contributed by atoms with van der Waals surface area (Å²) < 4.78 is 0. The third kappa shape index (κ3) is 3.38. The van der Waals surface area contributed by atoms with Gasteiger partial charge in [0, 0.05) is 17.0 Å². The van der Waals surface area contributed by atoms with E-state index in [1.165, 1.54) is 11.3 Å². The van der Waals surface area contributed by atoms with Crippen LogP contribution in [-0.2, 0) is 11.2 Å². The molecule has 0 bridgehead atoms. The monoisotopic (exact) mass is 341 g/mol. The van der Waals surface area contributed by atoms with E-state index >= 15 is 0 Å². The van der Waals surface area contributed by atoms with E-state index in [1.54, 1.807) is 18.2 Å². The molecule has 0 aliphatic heterocycles. The zero-order valence-corrected chi connectivity index (χ0v) is 14.3. The van der Waals surface area contributed by atoms with Crippen molar-refractivity contribution in [3.63, 3.8) is 0 Å². The second-order valence-corrected chi connectivity index (χ2v) is 6.86. The van der Waals surface area contributed by atoms with Crippen LogP contribution in [0.2, 0.25) is 0 Å². The van der Waals surface area contributed by atoms with Gasteiger partial charge < -0.3 is 5.32 Å². The van der Waals surface area contributed by atoms with Crippen LogP contribution in [0.25, 0.3) is 0 Å². The molecule has 0 saturated carbocycles. The van der Waals surface area contributed by atoms with Gasteiger partial charge in [-0.3, -0.25) is 14.9 Å². The summed E-state index contributed by atoms with van der Waals surface area (Å²) >= 11 is 1.45. The molecule has 124 valence electrons. The van der Waals surface area contributed by atoms with Gasteiger partial charge in [-0.25, -0.2) is 4.98 Å². The molecule has 2 amide bonds. The largest absolute Gasteiger partial charge is 0.352 e. The number of thiazole rings is 1. The first kappa shape index (κ1) is 16.4. The number of fused-ring (bicyclic) bond motifs is 1. The van der Waals surface area contributed by atoms with Gasteiger partial charge in [0.25, 0.3) is 5.91 Å². The summed E-state index contributed by atoms with van der Waals surface area (Å²) in [6.45, 7) is 6.03. The number of nitrogens with zero attached hydrogens (tertiary/aromatic N) is 1. The highest BCUT2D eigenvalue weighted by atomic mass is 32.1. The van der Waals surface area contributed by atoms with Crippen LogP contribution in [-0.4, -0.2) is 23.3 Å². The average molecular weight is 341 g/mol. The Morgan fingerprint density at radius 2 is 2.12 bits per heavy atom. The van der Waals surface area contributed by atoms with E-state index in [2.05, 4.69) is 22.2 Å². The van der Waals surface area contributed by atoms with E-state index in [9.17, 15) is 9.59 Å². The molecular formula is C18H19N3O2S. The molecule has 5 nitrogen and oxygen atoms in total. The lowest BCUT2D eigenvalue weighted by molar-refractivity contribution is -0.122. The van der Waals surface area contributed by atoms with Crippen molar-refractivity contribution in [1.82, 2.24) is 10.3 Å². The van der Waals surface area contributed by atoms with Gasteiger partial charge in [0.1, 0.15) is 0 Å². The number of hydrogen-bond donors (Lipinski definition) is 2. The molecule has 1 aromatic heterocycles. The Hall–Kier alpha value is -2.47. The number of carbonyl (C=O) groups excluding carboxylic acids is 2. The zero-order valence-electron chi connectivity index (χ0n) is 13.5. The van der Waals surface area contributed by atoms with Crippen molar-refractivity contribution < 1.29 is 9.59 Å². The highest BCUT2D eigenvalue weighted by Gasteiger charge is 2.32. The lowest BCUT2D eigenvalue weighted by Gasteiger charge is -2.09. The summed E-state index contributed by atoms with van der Waals surface area (Å²) in [5.74, 6) is -0.452. The SMILES string of the molecule is C=CCNC(=O)C1CCc2sc(NC(=O)c3ccc(C)cc3)nc21. The summed E-state index contributed by atoms with van der Waals surface area (Å²) in [5.41, 5.74) is 2.49. The normalized spacial score (nSPS) is 15.6. The quantitative estimate of drug-likeness (QED) is 0.821. The summed E-state index contributed by atoms with van der Waals surface area (Å²) in [6.07, 6.45) is 3.24. The number of benzene rings is 1. The number of anilines is 1. The second kappa shape index (κ2) is 6.97. The van der Waals surface area contributed by atoms with E-state index in [-0.39, 0.29) is 17.7 Å². The average Bonchev–Trinajstić information content (AvgIpc) is 3.13. The first-order valence-electron chi connectivity index (χ1n) is 7.84. The van der Waals surface area contributed by atoms with Crippen molar-refractivity contribution in [1.29, 1.82) is 0 Å². The minimum Gasteiger partial charge on any atom is -0.352 e. The Bertz CT molecular complexity index is 780. The summed E-state index contributed by atoms with van der Waals surface area (Å²) in [4.78, 5) is 30.0. The number of hydrogen-bond acceptors (Lipinski definition) is 4. The minimum atomic E-state index is -0.235. The predicted molar refractivity (Wildman–Crippen MR) is 95.5 cm³/mol. The van der Waals surface area contributed by atoms with Crippen LogP contribution in [0, 0.1) is 6.92 Å². The van der Waals surface area contributed by atoms with Crippen molar-refractivity contribution >= 4 is 28.3 Å². The third-order valence-electron chi connectivity index (χ3n) is 3.99. The van der Waals surface area contributed by atoms with Gasteiger partial charge in [-0.05, 0) is 31.9 Å². The molecule has 0 spiro atoms. The molecule has 2 aromatic rings. The van der Waals surface area contributed by atoms with Gasteiger partial charge in [-0.1, -0.05) is 23.8 Å². The fraction of sp³-hybridized carbons (Fsp3) is 0.278. The summed E-state index contributed by atoms with van der Waals surface area (Å²) in [5, 5.41) is 6.19. The minimum absolute atomic E-state index is 0.0321. The van der Waals surface area contributed by atoms with Crippen molar-refractivity contribution in [3.05, 3.63) is 58.6 Å². The van der Waals surface area contributed by atoms with E-state index in [4.69, 9.17) is 0 Å². The Kier molecular flexibility index (Phi) is 4.76. The molecule has 1 heterocycles. The Morgan fingerprint density at radius 1 is 1.38 bits per heavy atom. The van der Waals surface area contributed by atoms with Crippen LogP contribution < -0.4 is 10.6 Å². The molecule has 1 aliphatic carbocycles. The fourth-order valence-corrected chi connectivity index (χ4v) is 3.74. The predicted octanol–water partition coefficient (Wildman–Crippen LogP) is 3.04. The second-order valence-electron chi connectivity index (χ2n) is 5.77. The Labute approximate surface area is 144 Å². The van der Waals surface area contributed by atoms with Crippen LogP contribution in [0.5, 0.6) is 0 Å². The van der Waals surface area contributed by atoms with Crippen molar-refractivity contribution in [2.45, 2.75) is 25.7 Å². The molecular weight excluding hydrogens is 322 g/mol. The van der Waals surface area contributed by atoms with Gasteiger partial charge >= 0.3 is 0 Å². The van der Waals surface area contributed by atoms with Crippen molar-refractivity contribution in [3.8, 4) is 0 Å². The number of aryl methyl sites for hydroxylation is 2. The highest BCUT2D eigenvalue weighted by Crippen LogP contribution is 2.38. The molecule has 1 atom stereocenters. The highest BCUT2D eigenvalue weighted by molar-refractivity contribution is 7.16. The topological polar surface area (TPSA) is 71.1 Å². The molecule has 1 unspecified atom stereocenters. The van der Waals surface area contributed by atoms with E-state index < -0.39 is 0 Å². The van der Waals surface area contributed by atoms with Crippen LogP contribution in [0.4, 0.5) is 5.13 Å². The number of carbonyl (C=O) groups is 2. The maximum absolute atomic E-state index is 12.3. The number of amides is 2. The molecule has 0 fully saturated rings. The number of rotatable bonds is 5. The molecule has 2 N–H and O–H groups in total. The maximum Gasteiger partial charge on any atom is 0.257 e. The van der Waals surface area contributed by atoms with E-state index in [0.29, 0.717) is 17.2 Å². The molecule has 6 heteroatoms. The van der Waals surface area contributed by atoms with Crippen molar-refractivity contribution in [2.75, 3.05) is 11.9 Å². The smallest absolute Gasteiger partial charge is 0.257 e. The molecule has 24 heavy (non-hydrogen) atoms. The fourth-order valence-electron chi connectivity index (χ4n) is 2.71. The zero-order chi connectivity index (χ0) is 17.1. The van der Waals surface area contributed by atoms with Crippen LogP contribution in [0.3, 0.4) is 0 Å². The van der Waals surface area contributed by atoms with Crippen LogP contribution in [0.1, 0.15) is 38.8 Å². The molecule has 0 saturated heterocycles. The first-order chi connectivity index (χ1) is 11.6. The van der Waals surface area contributed by atoms with Gasteiger partial charge in [0.05, 0.1) is 11.6 Å². The molecule has 3 rings (SSSR count). The summed E-state index contributed by atoms with van der Waals surface area (Å²) in [6, 6.07) is 7.38. The molecule has 0 radical (unpaired) electrons. The van der Waals surface area contributed by atoms with Gasteiger partial charge in [-0.2, -0.15) is 0 Å². The lowest BCUT2D eigenvalue weighted by Crippen LogP contribution is -2.28. The molecule has 1 aromatic carbocycles. The lowest BCUT2D eigenvalue weighted by atomic mass is 10.1. The Balaban J connectivity index is 1.71. The van der Waals surface area contributed by atoms with Gasteiger partial charge in [-0.15, -0.1) is 17.9 Å². The third-order valence-corrected chi connectivity index (χ3v) is 5.04. The maximum atomic E-state index is 12.3. The van der Waals surface area contributed by atoms with E-state index in [0.717, 1.165) is 29.0 Å². The number of aromatic nitrogens is 1. The molecule has 1 aliphatic rings.